The van der Waals surface area contributed by atoms with E-state index >= 15 is 0 Å². The minimum absolute atomic E-state index is 0.571. The molecule has 3 rings (SSSR count). The number of hydrogen-bond donors (Lipinski definition) is 2. The summed E-state index contributed by atoms with van der Waals surface area (Å²) in [6.07, 6.45) is 3.37. The fraction of sp³-hybridized carbons (Fsp3) is 0.167. The highest BCUT2D eigenvalue weighted by molar-refractivity contribution is 9.10. The Morgan fingerprint density at radius 1 is 1.30 bits per heavy atom. The number of hydrogen-bond acceptors (Lipinski definition) is 6. The molecule has 0 amide bonds. The van der Waals surface area contributed by atoms with Crippen molar-refractivity contribution in [2.45, 2.75) is 17.0 Å². The average molecular weight is 351 g/mol. The van der Waals surface area contributed by atoms with Crippen LogP contribution in [-0.4, -0.2) is 31.5 Å². The van der Waals surface area contributed by atoms with Crippen molar-refractivity contribution in [2.24, 2.45) is 0 Å². The van der Waals surface area contributed by atoms with Gasteiger partial charge in [0.1, 0.15) is 15.6 Å². The first-order valence-corrected chi connectivity index (χ1v) is 7.62. The number of fused-ring (bicyclic) bond motifs is 1. The molecule has 0 radical (unpaired) electrons. The van der Waals surface area contributed by atoms with Crippen molar-refractivity contribution in [1.29, 1.82) is 0 Å². The van der Waals surface area contributed by atoms with Crippen LogP contribution in [-0.2, 0) is 0 Å². The minimum atomic E-state index is 0.571. The Hall–Kier alpha value is -1.67. The van der Waals surface area contributed by atoms with E-state index in [0.717, 1.165) is 26.6 Å². The monoisotopic (exact) mass is 350 g/mol. The summed E-state index contributed by atoms with van der Waals surface area (Å²) in [6, 6.07) is 3.83. The molecule has 0 aliphatic carbocycles. The molecule has 0 saturated carbocycles. The molecule has 6 nitrogen and oxygen atoms in total. The summed E-state index contributed by atoms with van der Waals surface area (Å²) in [5.41, 5.74) is 1.46. The zero-order chi connectivity index (χ0) is 13.9. The van der Waals surface area contributed by atoms with Crippen LogP contribution in [0.1, 0.15) is 6.92 Å². The van der Waals surface area contributed by atoms with Crippen molar-refractivity contribution in [3.8, 4) is 0 Å². The molecule has 3 aromatic rings. The number of rotatable bonds is 4. The van der Waals surface area contributed by atoms with Gasteiger partial charge in [-0.15, -0.1) is 0 Å². The smallest absolute Gasteiger partial charge is 0.225 e. The van der Waals surface area contributed by atoms with Gasteiger partial charge in [0.2, 0.25) is 5.95 Å². The molecule has 0 saturated heterocycles. The molecule has 20 heavy (non-hydrogen) atoms. The Morgan fingerprint density at radius 3 is 3.00 bits per heavy atom. The first kappa shape index (κ1) is 13.3. The molecule has 102 valence electrons. The predicted molar refractivity (Wildman–Crippen MR) is 81.9 cm³/mol. The number of imidazole rings is 1. The summed E-state index contributed by atoms with van der Waals surface area (Å²) in [7, 11) is 0. The van der Waals surface area contributed by atoms with Crippen LogP contribution in [0.4, 0.5) is 5.95 Å². The summed E-state index contributed by atoms with van der Waals surface area (Å²) in [6.45, 7) is 2.76. The second-order valence-electron chi connectivity index (χ2n) is 3.88. The highest BCUT2D eigenvalue weighted by Crippen LogP contribution is 2.33. The third-order valence-corrected chi connectivity index (χ3v) is 4.42. The largest absolute Gasteiger partial charge is 0.354 e. The van der Waals surface area contributed by atoms with E-state index in [0.29, 0.717) is 11.6 Å². The van der Waals surface area contributed by atoms with Crippen molar-refractivity contribution in [3.05, 3.63) is 29.1 Å². The lowest BCUT2D eigenvalue weighted by Crippen LogP contribution is -2.03. The third kappa shape index (κ3) is 2.61. The van der Waals surface area contributed by atoms with E-state index in [1.165, 1.54) is 11.8 Å². The Morgan fingerprint density at radius 2 is 2.20 bits per heavy atom. The van der Waals surface area contributed by atoms with Crippen LogP contribution in [0.3, 0.4) is 0 Å². The lowest BCUT2D eigenvalue weighted by molar-refractivity contribution is 1.03. The fourth-order valence-corrected chi connectivity index (χ4v) is 3.00. The first-order chi connectivity index (χ1) is 9.78. The maximum atomic E-state index is 4.51. The highest BCUT2D eigenvalue weighted by atomic mass is 79.9. The van der Waals surface area contributed by atoms with E-state index in [4.69, 9.17) is 0 Å². The molecule has 3 aromatic heterocycles. The van der Waals surface area contributed by atoms with Crippen molar-refractivity contribution in [1.82, 2.24) is 24.9 Å². The zero-order valence-electron chi connectivity index (χ0n) is 10.6. The summed E-state index contributed by atoms with van der Waals surface area (Å²) in [5, 5.41) is 4.75. The topological polar surface area (TPSA) is 79.4 Å². The van der Waals surface area contributed by atoms with Gasteiger partial charge in [0, 0.05) is 12.7 Å². The van der Waals surface area contributed by atoms with Crippen LogP contribution >= 0.6 is 27.7 Å². The molecule has 8 heteroatoms. The van der Waals surface area contributed by atoms with Gasteiger partial charge in [0.15, 0.2) is 5.65 Å². The quantitative estimate of drug-likeness (QED) is 0.703. The van der Waals surface area contributed by atoms with Crippen LogP contribution in [0.25, 0.3) is 11.2 Å². The number of anilines is 1. The molecule has 3 heterocycles. The van der Waals surface area contributed by atoms with E-state index in [1.807, 2.05) is 19.1 Å². The number of H-pyrrole nitrogens is 1. The van der Waals surface area contributed by atoms with Crippen LogP contribution in [0.15, 0.2) is 39.2 Å². The second-order valence-corrected chi connectivity index (χ2v) is 5.71. The second kappa shape index (κ2) is 5.76. The minimum Gasteiger partial charge on any atom is -0.354 e. The number of halogens is 1. The molecule has 0 unspecified atom stereocenters. The standard InChI is InChI=1S/C12H11BrN6S/c1-2-14-12-18-9-8(16-6-17-9)11(19-12)20-10-7(13)4-3-5-15-10/h3-6H,2H2,1H3,(H2,14,16,17,18,19). The number of nitrogens with zero attached hydrogens (tertiary/aromatic N) is 4. The molecular formula is C12H11BrN6S. The lowest BCUT2D eigenvalue weighted by atomic mass is 10.5. The molecule has 0 aromatic carbocycles. The molecule has 0 spiro atoms. The molecule has 0 aliphatic rings. The van der Waals surface area contributed by atoms with Crippen molar-refractivity contribution < 1.29 is 0 Å². The molecule has 0 fully saturated rings. The van der Waals surface area contributed by atoms with E-state index in [-0.39, 0.29) is 0 Å². The Kier molecular flexibility index (Phi) is 3.83. The van der Waals surface area contributed by atoms with Gasteiger partial charge in [-0.05, 0) is 46.7 Å². The molecule has 0 aliphatic heterocycles. The SMILES string of the molecule is CCNc1nc(Sc2ncccc2Br)c2[nH]cnc2n1. The normalized spacial score (nSPS) is 10.9. The van der Waals surface area contributed by atoms with Crippen molar-refractivity contribution in [2.75, 3.05) is 11.9 Å². The van der Waals surface area contributed by atoms with Crippen molar-refractivity contribution in [3.63, 3.8) is 0 Å². The van der Waals surface area contributed by atoms with Gasteiger partial charge in [0.05, 0.1) is 10.8 Å². The Labute approximate surface area is 128 Å². The Bertz CT molecular complexity index is 744. The van der Waals surface area contributed by atoms with E-state index in [1.54, 1.807) is 12.5 Å². The van der Waals surface area contributed by atoms with Gasteiger partial charge < -0.3 is 10.3 Å². The average Bonchev–Trinajstić information content (AvgIpc) is 2.90. The maximum absolute atomic E-state index is 4.51. The number of aromatic amines is 1. The van der Waals surface area contributed by atoms with Gasteiger partial charge in [-0.3, -0.25) is 0 Å². The van der Waals surface area contributed by atoms with Gasteiger partial charge >= 0.3 is 0 Å². The van der Waals surface area contributed by atoms with Crippen LogP contribution < -0.4 is 5.32 Å². The van der Waals surface area contributed by atoms with E-state index in [9.17, 15) is 0 Å². The first-order valence-electron chi connectivity index (χ1n) is 6.01. The summed E-state index contributed by atoms with van der Waals surface area (Å²) < 4.78 is 0.932. The third-order valence-electron chi connectivity index (χ3n) is 2.51. The van der Waals surface area contributed by atoms with Gasteiger partial charge in [-0.2, -0.15) is 4.98 Å². The van der Waals surface area contributed by atoms with Gasteiger partial charge in [0.25, 0.3) is 0 Å². The van der Waals surface area contributed by atoms with Gasteiger partial charge in [-0.25, -0.2) is 15.0 Å². The van der Waals surface area contributed by atoms with Gasteiger partial charge in [-0.1, -0.05) is 0 Å². The number of pyridine rings is 1. The molecule has 0 bridgehead atoms. The number of nitrogens with one attached hydrogen (secondary N) is 2. The highest BCUT2D eigenvalue weighted by Gasteiger charge is 2.13. The fourth-order valence-electron chi connectivity index (χ4n) is 1.66. The zero-order valence-corrected chi connectivity index (χ0v) is 13.0. The number of aromatic nitrogens is 5. The summed E-state index contributed by atoms with van der Waals surface area (Å²) in [5.74, 6) is 0.571. The molecular weight excluding hydrogens is 340 g/mol. The molecule has 0 atom stereocenters. The van der Waals surface area contributed by atoms with Crippen LogP contribution in [0.2, 0.25) is 0 Å². The summed E-state index contributed by atoms with van der Waals surface area (Å²) >= 11 is 4.96. The Balaban J connectivity index is 2.05. The maximum Gasteiger partial charge on any atom is 0.225 e. The summed E-state index contributed by atoms with van der Waals surface area (Å²) in [4.78, 5) is 20.5. The van der Waals surface area contributed by atoms with Crippen molar-refractivity contribution >= 4 is 44.8 Å². The van der Waals surface area contributed by atoms with Crippen LogP contribution in [0.5, 0.6) is 0 Å². The van der Waals surface area contributed by atoms with Crippen LogP contribution in [0, 0.1) is 0 Å². The van der Waals surface area contributed by atoms with E-state index in [2.05, 4.69) is 46.2 Å². The lowest BCUT2D eigenvalue weighted by Gasteiger charge is -2.06. The molecule has 2 N–H and O–H groups in total. The van der Waals surface area contributed by atoms with E-state index < -0.39 is 0 Å². The predicted octanol–water partition coefficient (Wildman–Crippen LogP) is 3.09.